The summed E-state index contributed by atoms with van der Waals surface area (Å²) < 4.78 is 11.9. The van der Waals surface area contributed by atoms with E-state index in [-0.39, 0.29) is 56.0 Å². The molecule has 3 heterocycles. The Bertz CT molecular complexity index is 2610. The van der Waals surface area contributed by atoms with Crippen LogP contribution in [0.3, 0.4) is 0 Å². The lowest BCUT2D eigenvalue weighted by Gasteiger charge is -2.50. The van der Waals surface area contributed by atoms with Crippen LogP contribution in [0.25, 0.3) is 0 Å². The Labute approximate surface area is 567 Å². The SMILES string of the molecule is CC/C=C/CC(C)[C@H]1ON2C(=O)[C@H](C(C)C)N(C)C(=O)[C@H](CC(C)C)N(C)C(=O)[C@H](CC(C)C)N(C)C(=O)[C@@H](C)NC(=O)[C@H](C)NC(=O)[C@H](CC(C)C)N(C)C(=O)[C@H](C(C)C)NC(=O)C([C@@H](C)OCCCCN3CCOCC3)N(C)C(=O)[C@@H](C)N(C)C(=O)[C@H](CC)NC(=O)[C@H]12. The number of carbonyl (C=O) groups is 11. The molecule has 542 valence electrons. The molecule has 11 amide bonds. The molecule has 3 aliphatic heterocycles. The minimum atomic E-state index is -1.38. The van der Waals surface area contributed by atoms with Gasteiger partial charge in [0.25, 0.3) is 5.91 Å². The summed E-state index contributed by atoms with van der Waals surface area (Å²) in [6.45, 7) is 33.8. The fourth-order valence-electron chi connectivity index (χ4n) is 12.5. The molecule has 0 aromatic rings. The lowest BCUT2D eigenvalue weighted by molar-refractivity contribution is -0.321. The third kappa shape index (κ3) is 22.7. The zero-order chi connectivity index (χ0) is 72.2. The van der Waals surface area contributed by atoms with E-state index in [1.807, 2.05) is 67.5 Å². The van der Waals surface area contributed by atoms with Gasteiger partial charge in [-0.1, -0.05) is 102 Å². The zero-order valence-electron chi connectivity index (χ0n) is 61.8. The van der Waals surface area contributed by atoms with Crippen molar-refractivity contribution in [2.75, 3.05) is 81.7 Å². The summed E-state index contributed by atoms with van der Waals surface area (Å²) in [6.07, 6.45) is 5.27. The third-order valence-corrected chi connectivity index (χ3v) is 18.7. The molecule has 26 heteroatoms. The summed E-state index contributed by atoms with van der Waals surface area (Å²) in [7, 11) is 8.67. The summed E-state index contributed by atoms with van der Waals surface area (Å²) in [4.78, 5) is 179. The highest BCUT2D eigenvalue weighted by atomic mass is 16.7. The largest absolute Gasteiger partial charge is 0.379 e. The quantitative estimate of drug-likeness (QED) is 0.0995. The molecular weight excluding hydrogens is 1220 g/mol. The van der Waals surface area contributed by atoms with Gasteiger partial charge in [0.05, 0.1) is 19.3 Å². The molecule has 0 radical (unpaired) electrons. The van der Waals surface area contributed by atoms with Crippen LogP contribution in [-0.2, 0) is 67.1 Å². The summed E-state index contributed by atoms with van der Waals surface area (Å²) in [5.41, 5.74) is 0. The highest BCUT2D eigenvalue weighted by Gasteiger charge is 2.55. The van der Waals surface area contributed by atoms with Crippen LogP contribution >= 0.6 is 0 Å². The van der Waals surface area contributed by atoms with E-state index >= 15 is 19.2 Å². The molecular formula is C69H122N12O14. The van der Waals surface area contributed by atoms with E-state index in [4.69, 9.17) is 14.3 Å². The molecule has 0 aromatic carbocycles. The van der Waals surface area contributed by atoms with Gasteiger partial charge in [-0.05, 0) is 121 Å². The summed E-state index contributed by atoms with van der Waals surface area (Å²) in [5.74, 6) is -9.27. The van der Waals surface area contributed by atoms with E-state index in [9.17, 15) is 33.6 Å². The van der Waals surface area contributed by atoms with Crippen LogP contribution in [0.1, 0.15) is 169 Å². The number of ether oxygens (including phenoxy) is 2. The predicted octanol–water partition coefficient (Wildman–Crippen LogP) is 3.84. The molecule has 0 bridgehead atoms. The normalized spacial score (nSPS) is 28.5. The molecule has 14 atom stereocenters. The number of morpholine rings is 1. The van der Waals surface area contributed by atoms with Gasteiger partial charge >= 0.3 is 0 Å². The first-order valence-electron chi connectivity index (χ1n) is 34.8. The first-order chi connectivity index (χ1) is 44.4. The molecule has 0 saturated carbocycles. The monoisotopic (exact) mass is 1340 g/mol. The van der Waals surface area contributed by atoms with Gasteiger partial charge in [0.1, 0.15) is 66.5 Å². The Morgan fingerprint density at radius 3 is 1.55 bits per heavy atom. The minimum absolute atomic E-state index is 0.0528. The van der Waals surface area contributed by atoms with Crippen LogP contribution in [0.5, 0.6) is 0 Å². The first-order valence-corrected chi connectivity index (χ1v) is 34.8. The number of nitrogens with zero attached hydrogens (tertiary/aromatic N) is 8. The van der Waals surface area contributed by atoms with Gasteiger partial charge < -0.3 is 60.1 Å². The Kier molecular flexibility index (Phi) is 33.7. The van der Waals surface area contributed by atoms with E-state index in [0.29, 0.717) is 26.1 Å². The zero-order valence-corrected chi connectivity index (χ0v) is 61.8. The second-order valence-corrected chi connectivity index (χ2v) is 28.6. The number of fused-ring (bicyclic) bond motifs is 1. The molecule has 4 N–H and O–H groups in total. The van der Waals surface area contributed by atoms with E-state index in [1.165, 1.54) is 92.5 Å². The van der Waals surface area contributed by atoms with Crippen LogP contribution in [-0.4, -0.2) is 265 Å². The molecule has 0 aliphatic carbocycles. The molecule has 26 nitrogen and oxygen atoms in total. The van der Waals surface area contributed by atoms with Gasteiger partial charge in [0.15, 0.2) is 6.04 Å². The van der Waals surface area contributed by atoms with Gasteiger partial charge in [0.2, 0.25) is 59.1 Å². The maximum Gasteiger partial charge on any atom is 0.270 e. The minimum Gasteiger partial charge on any atom is -0.379 e. The van der Waals surface area contributed by atoms with Crippen molar-refractivity contribution in [1.29, 1.82) is 0 Å². The number of hydrogen-bond acceptors (Lipinski definition) is 15. The fourth-order valence-corrected chi connectivity index (χ4v) is 12.5. The number of rotatable bonds is 20. The molecule has 0 spiro atoms. The number of nitrogens with one attached hydrogen (secondary N) is 4. The molecule has 3 saturated heterocycles. The van der Waals surface area contributed by atoms with E-state index in [1.54, 1.807) is 41.5 Å². The molecule has 3 aliphatic rings. The third-order valence-electron chi connectivity index (χ3n) is 18.7. The first kappa shape index (κ1) is 83.0. The average Bonchev–Trinajstić information content (AvgIpc) is 0.758. The maximum absolute atomic E-state index is 15.2. The van der Waals surface area contributed by atoms with Gasteiger partial charge in [-0.2, -0.15) is 0 Å². The molecule has 0 aromatic heterocycles. The van der Waals surface area contributed by atoms with Crippen molar-refractivity contribution in [1.82, 2.24) is 60.6 Å². The number of unbranched alkanes of at least 4 members (excludes halogenated alkanes) is 1. The smallest absolute Gasteiger partial charge is 0.270 e. The van der Waals surface area contributed by atoms with Crippen LogP contribution in [0.15, 0.2) is 12.2 Å². The van der Waals surface area contributed by atoms with Crippen molar-refractivity contribution in [3.8, 4) is 0 Å². The van der Waals surface area contributed by atoms with Gasteiger partial charge in [-0.25, -0.2) is 5.06 Å². The number of hydroxylamine groups is 2. The second kappa shape index (κ2) is 38.6. The van der Waals surface area contributed by atoms with Gasteiger partial charge in [0, 0.05) is 62.0 Å². The van der Waals surface area contributed by atoms with Gasteiger partial charge in [-0.15, -0.1) is 0 Å². The van der Waals surface area contributed by atoms with Crippen molar-refractivity contribution >= 4 is 65.0 Å². The highest BCUT2D eigenvalue weighted by Crippen LogP contribution is 2.34. The predicted molar refractivity (Wildman–Crippen MR) is 363 cm³/mol. The standard InChI is InChI=1S/C69H122N12O14/c1-24-26-27-30-45(13)58-57-62(85)72-50(25-2)65(88)74(18)48(16)64(87)79(23)56(49(17)94-34-29-28-31-80-32-35-93-36-33-80)61(84)73-54(43(9)10)68(91)75(19)51(37-40(3)4)60(83)70-46(14)59(82)71-47(15)63(86)76(20)52(38-41(5)6)66(89)77(21)53(39-42(7)8)67(90)78(22)55(44(11)12)69(92)81(57)95-58/h26-27,40-58H,24-25,28-39H2,1-23H3,(H,70,83)(H,71,82)(H,72,85)(H,73,84)/b27-26+/t45?,46-,47+,48+,49+,50-,51-,52-,53-,54-,55-,56?,57-,58+/m0/s1. The van der Waals surface area contributed by atoms with Crippen LogP contribution < -0.4 is 21.3 Å². The highest BCUT2D eigenvalue weighted by molar-refractivity contribution is 6.00. The Morgan fingerprint density at radius 1 is 0.505 bits per heavy atom. The van der Waals surface area contributed by atoms with Crippen molar-refractivity contribution in [3.05, 3.63) is 12.2 Å². The fraction of sp³-hybridized carbons (Fsp3) is 0.812. The van der Waals surface area contributed by atoms with E-state index in [0.717, 1.165) is 37.5 Å². The molecule has 95 heavy (non-hydrogen) atoms. The summed E-state index contributed by atoms with van der Waals surface area (Å²) >= 11 is 0. The Morgan fingerprint density at radius 2 is 1.02 bits per heavy atom. The number of amides is 11. The topological polar surface area (TPSA) is 289 Å². The maximum atomic E-state index is 15.2. The second-order valence-electron chi connectivity index (χ2n) is 28.6. The number of allylic oxidation sites excluding steroid dienone is 2. The Hall–Kier alpha value is -6.25. The van der Waals surface area contributed by atoms with Crippen molar-refractivity contribution < 1.29 is 67.1 Å². The average molecular weight is 1340 g/mol. The molecule has 2 unspecified atom stereocenters. The van der Waals surface area contributed by atoms with Gasteiger partial charge in [-0.3, -0.25) is 62.5 Å². The van der Waals surface area contributed by atoms with E-state index < -0.39 is 155 Å². The van der Waals surface area contributed by atoms with Crippen molar-refractivity contribution in [3.63, 3.8) is 0 Å². The number of carbonyl (C=O) groups excluding carboxylic acids is 11. The lowest BCUT2D eigenvalue weighted by atomic mass is 9.89. The van der Waals surface area contributed by atoms with Crippen molar-refractivity contribution in [2.45, 2.75) is 248 Å². The van der Waals surface area contributed by atoms with Crippen LogP contribution in [0, 0.1) is 35.5 Å². The number of likely N-dealkylation sites (N-methyl/N-ethyl adjacent to an activating group) is 6. The van der Waals surface area contributed by atoms with Crippen molar-refractivity contribution in [2.24, 2.45) is 35.5 Å². The van der Waals surface area contributed by atoms with Crippen LogP contribution in [0.4, 0.5) is 0 Å². The lowest BCUT2D eigenvalue weighted by Crippen LogP contribution is -2.72. The Balaban J connectivity index is 2.29. The number of hydrogen-bond donors (Lipinski definition) is 4. The molecule has 3 fully saturated rings. The van der Waals surface area contributed by atoms with E-state index in [2.05, 4.69) is 26.2 Å². The summed E-state index contributed by atoms with van der Waals surface area (Å²) in [5, 5.41) is 12.2. The molecule has 3 rings (SSSR count). The summed E-state index contributed by atoms with van der Waals surface area (Å²) in [6, 6.07) is -13.6. The van der Waals surface area contributed by atoms with Crippen LogP contribution in [0.2, 0.25) is 0 Å².